The van der Waals surface area contributed by atoms with Crippen LogP contribution in [0, 0.1) is 5.21 Å². The first-order chi connectivity index (χ1) is 5.94. The van der Waals surface area contributed by atoms with Gasteiger partial charge >= 0.3 is 0 Å². The number of hydrogen-bond acceptors (Lipinski definition) is 3. The average Bonchev–Trinajstić information content (AvgIpc) is 2.04. The Morgan fingerprint density at radius 3 is 2.15 bits per heavy atom. The molecule has 1 rings (SSSR count). The zero-order chi connectivity index (χ0) is 10.1. The van der Waals surface area contributed by atoms with Gasteiger partial charge in [-0.2, -0.15) is 4.73 Å². The molecule has 0 fully saturated rings. The van der Waals surface area contributed by atoms with Crippen LogP contribution in [0.5, 0.6) is 0 Å². The van der Waals surface area contributed by atoms with E-state index in [0.717, 1.165) is 0 Å². The van der Waals surface area contributed by atoms with Crippen LogP contribution >= 0.6 is 45.2 Å². The van der Waals surface area contributed by atoms with Gasteiger partial charge in [-0.1, -0.05) is 45.2 Å². The van der Waals surface area contributed by atoms with E-state index >= 15 is 0 Å². The van der Waals surface area contributed by atoms with Gasteiger partial charge < -0.3 is 5.21 Å². The molecule has 0 radical (unpaired) electrons. The number of nitrogens with zero attached hydrogens (tertiary/aromatic N) is 1. The number of pyridine rings is 1. The Morgan fingerprint density at radius 2 is 1.77 bits per heavy atom. The fourth-order valence-corrected chi connectivity index (χ4v) is 3.16. The Morgan fingerprint density at radius 1 is 1.31 bits per heavy atom. The molecule has 72 valence electrons. The van der Waals surface area contributed by atoms with Crippen LogP contribution in [0.2, 0.25) is 0 Å². The van der Waals surface area contributed by atoms with Crippen LogP contribution < -0.4 is 4.73 Å². The minimum Gasteiger partial charge on any atom is -0.619 e. The van der Waals surface area contributed by atoms with E-state index in [4.69, 9.17) is 0 Å². The second-order valence-corrected chi connectivity index (χ2v) is 10.8. The summed E-state index contributed by atoms with van der Waals surface area (Å²) >= 11 is 3.62. The van der Waals surface area contributed by atoms with Gasteiger partial charge in [0.15, 0.2) is 23.5 Å². The predicted molar refractivity (Wildman–Crippen MR) is 64.4 cm³/mol. The molecular formula is C6H5I2NO3S. The van der Waals surface area contributed by atoms with E-state index in [0.29, 0.717) is 4.73 Å². The molecule has 0 N–H and O–H groups in total. The van der Waals surface area contributed by atoms with E-state index in [1.165, 1.54) is 24.5 Å². The van der Waals surface area contributed by atoms with Crippen molar-refractivity contribution < 1.29 is 13.1 Å². The first-order valence-corrected chi connectivity index (χ1v) is 7.19. The van der Waals surface area contributed by atoms with Crippen LogP contribution in [-0.4, -0.2) is 9.68 Å². The Balaban J connectivity index is 3.17. The molecule has 0 spiro atoms. The fourth-order valence-electron chi connectivity index (χ4n) is 0.692. The summed E-state index contributed by atoms with van der Waals surface area (Å²) in [6.07, 6.45) is 2.34. The maximum absolute atomic E-state index is 11.5. The van der Waals surface area contributed by atoms with Crippen LogP contribution in [0.25, 0.3) is 0 Å². The molecule has 0 aromatic carbocycles. The number of hydrogen-bond donors (Lipinski definition) is 0. The molecule has 1 aromatic rings. The fraction of sp³-hybridized carbons (Fsp3) is 0.167. The summed E-state index contributed by atoms with van der Waals surface area (Å²) in [7, 11) is -3.27. The van der Waals surface area contributed by atoms with Gasteiger partial charge in [0.1, 0.15) is 0 Å². The van der Waals surface area contributed by atoms with Gasteiger partial charge in [-0.3, -0.25) is 0 Å². The minimum absolute atomic E-state index is 0.174. The molecule has 0 aliphatic carbocycles. The SMILES string of the molecule is O=S(=O)(c1cc[n+]([O-])cc1)C(I)I. The van der Waals surface area contributed by atoms with Gasteiger partial charge in [0.2, 0.25) is 0 Å². The van der Waals surface area contributed by atoms with Crippen molar-refractivity contribution in [3.63, 3.8) is 0 Å². The van der Waals surface area contributed by atoms with E-state index < -0.39 is 11.1 Å². The monoisotopic (exact) mass is 425 g/mol. The van der Waals surface area contributed by atoms with E-state index in [1.807, 2.05) is 45.2 Å². The lowest BCUT2D eigenvalue weighted by Crippen LogP contribution is -2.24. The lowest BCUT2D eigenvalue weighted by Gasteiger charge is -2.03. The molecule has 0 amide bonds. The molecule has 0 aliphatic rings. The molecule has 0 bridgehead atoms. The maximum Gasteiger partial charge on any atom is 0.200 e. The van der Waals surface area contributed by atoms with Crippen LogP contribution in [-0.2, 0) is 9.84 Å². The third kappa shape index (κ3) is 2.65. The van der Waals surface area contributed by atoms with E-state index in [1.54, 1.807) is 0 Å². The Kier molecular flexibility index (Phi) is 3.74. The quantitative estimate of drug-likeness (QED) is 0.310. The minimum atomic E-state index is -3.27. The summed E-state index contributed by atoms with van der Waals surface area (Å²) in [5, 5.41) is 10.6. The van der Waals surface area contributed by atoms with E-state index in [9.17, 15) is 13.6 Å². The molecule has 0 saturated heterocycles. The van der Waals surface area contributed by atoms with Gasteiger partial charge in [0.25, 0.3) is 0 Å². The van der Waals surface area contributed by atoms with Gasteiger partial charge in [-0.05, 0) is 0 Å². The third-order valence-corrected chi connectivity index (χ3v) is 6.75. The number of aromatic nitrogens is 1. The zero-order valence-corrected chi connectivity index (χ0v) is 11.4. The highest BCUT2D eigenvalue weighted by molar-refractivity contribution is 14.2. The van der Waals surface area contributed by atoms with Gasteiger partial charge in [-0.25, -0.2) is 8.42 Å². The summed E-state index contributed by atoms with van der Waals surface area (Å²) in [6.45, 7) is 0. The van der Waals surface area contributed by atoms with Crippen molar-refractivity contribution in [3.05, 3.63) is 29.7 Å². The van der Waals surface area contributed by atoms with Crippen molar-refractivity contribution in [2.24, 2.45) is 0 Å². The van der Waals surface area contributed by atoms with Crippen molar-refractivity contribution >= 4 is 55.0 Å². The van der Waals surface area contributed by atoms with Crippen molar-refractivity contribution in [2.75, 3.05) is 0 Å². The Hall–Kier alpha value is 0.360. The molecule has 1 heterocycles. The Labute approximate surface area is 103 Å². The van der Waals surface area contributed by atoms with Gasteiger partial charge in [0, 0.05) is 12.1 Å². The number of rotatable bonds is 2. The number of alkyl halides is 2. The molecule has 13 heavy (non-hydrogen) atoms. The largest absolute Gasteiger partial charge is 0.619 e. The summed E-state index contributed by atoms with van der Waals surface area (Å²) in [5.41, 5.74) is 0. The molecule has 0 atom stereocenters. The average molecular weight is 425 g/mol. The normalized spacial score (nSPS) is 11.9. The molecule has 0 saturated carbocycles. The standard InChI is InChI=1S/C6H5I2NO3S/c7-6(8)13(11,12)5-1-3-9(10)4-2-5/h1-4,6H. The van der Waals surface area contributed by atoms with Crippen molar-refractivity contribution in [2.45, 2.75) is 6.16 Å². The number of sulfone groups is 1. The second kappa shape index (κ2) is 4.26. The molecular weight excluding hydrogens is 420 g/mol. The number of halogens is 2. The second-order valence-electron chi connectivity index (χ2n) is 2.20. The van der Waals surface area contributed by atoms with Crippen LogP contribution in [0.1, 0.15) is 0 Å². The van der Waals surface area contributed by atoms with Crippen molar-refractivity contribution in [1.82, 2.24) is 0 Å². The van der Waals surface area contributed by atoms with E-state index in [2.05, 4.69) is 0 Å². The molecule has 0 aliphatic heterocycles. The molecule has 4 nitrogen and oxygen atoms in total. The molecule has 1 aromatic heterocycles. The lowest BCUT2D eigenvalue weighted by atomic mass is 10.5. The van der Waals surface area contributed by atoms with Crippen molar-refractivity contribution in [1.29, 1.82) is 0 Å². The first-order valence-electron chi connectivity index (χ1n) is 3.15. The highest BCUT2D eigenvalue weighted by Gasteiger charge is 2.22. The van der Waals surface area contributed by atoms with Crippen LogP contribution in [0.4, 0.5) is 0 Å². The van der Waals surface area contributed by atoms with Gasteiger partial charge in [-0.15, -0.1) is 0 Å². The molecule has 0 unspecified atom stereocenters. The zero-order valence-electron chi connectivity index (χ0n) is 6.22. The summed E-state index contributed by atoms with van der Waals surface area (Å²) in [4.78, 5) is 0.174. The van der Waals surface area contributed by atoms with Crippen LogP contribution in [0.15, 0.2) is 29.4 Å². The summed E-state index contributed by atoms with van der Waals surface area (Å²) < 4.78 is 23.1. The summed E-state index contributed by atoms with van der Waals surface area (Å²) in [5.74, 6) is 0. The predicted octanol–water partition coefficient (Wildman–Crippen LogP) is 1.25. The summed E-state index contributed by atoms with van der Waals surface area (Å²) in [6, 6.07) is 2.60. The van der Waals surface area contributed by atoms with E-state index in [-0.39, 0.29) is 4.90 Å². The molecule has 7 heteroatoms. The topological polar surface area (TPSA) is 61.1 Å². The first kappa shape index (κ1) is 11.4. The highest BCUT2D eigenvalue weighted by Crippen LogP contribution is 2.24. The van der Waals surface area contributed by atoms with Gasteiger partial charge in [0.05, 0.1) is 4.90 Å². The Bertz CT molecular complexity index is 387. The highest BCUT2D eigenvalue weighted by atomic mass is 127. The van der Waals surface area contributed by atoms with Crippen molar-refractivity contribution in [3.8, 4) is 0 Å². The smallest absolute Gasteiger partial charge is 0.200 e. The lowest BCUT2D eigenvalue weighted by molar-refractivity contribution is -0.605. The third-order valence-electron chi connectivity index (χ3n) is 1.33. The van der Waals surface area contributed by atoms with Crippen LogP contribution in [0.3, 0.4) is 0 Å². The maximum atomic E-state index is 11.5.